The molecule has 3 nitrogen and oxygen atoms in total. The molecule has 23 heavy (non-hydrogen) atoms. The van der Waals surface area contributed by atoms with Gasteiger partial charge in [0.15, 0.2) is 11.5 Å². The van der Waals surface area contributed by atoms with Crippen molar-refractivity contribution < 1.29 is 9.47 Å². The quantitative estimate of drug-likeness (QED) is 0.803. The van der Waals surface area contributed by atoms with Crippen LogP contribution in [0.4, 0.5) is 0 Å². The molecule has 0 radical (unpaired) electrons. The highest BCUT2D eigenvalue weighted by Crippen LogP contribution is 2.34. The average Bonchev–Trinajstić information content (AvgIpc) is 2.60. The summed E-state index contributed by atoms with van der Waals surface area (Å²) in [6.45, 7) is 6.10. The lowest BCUT2D eigenvalue weighted by Crippen LogP contribution is -2.31. The summed E-state index contributed by atoms with van der Waals surface area (Å²) < 4.78 is 11.6. The standard InChI is InChI=1S/C20H25NO2/c1-3-10-21-11-9-17-12-19(22-2)20(13-18(17)14-21)23-15-16-7-5-4-6-8-16/h4-8,12-13H,3,9-11,14-15H2,1-2H3. The largest absolute Gasteiger partial charge is 0.493 e. The molecule has 2 aromatic rings. The highest BCUT2D eigenvalue weighted by Gasteiger charge is 2.19. The zero-order valence-corrected chi connectivity index (χ0v) is 14.0. The van der Waals surface area contributed by atoms with E-state index in [0.717, 1.165) is 37.6 Å². The summed E-state index contributed by atoms with van der Waals surface area (Å²) in [6, 6.07) is 14.6. The SMILES string of the molecule is CCCN1CCc2cc(OC)c(OCc3ccccc3)cc2C1. The van der Waals surface area contributed by atoms with Crippen LogP contribution >= 0.6 is 0 Å². The number of benzene rings is 2. The van der Waals surface area contributed by atoms with E-state index >= 15 is 0 Å². The van der Waals surface area contributed by atoms with Gasteiger partial charge in [-0.25, -0.2) is 0 Å². The zero-order chi connectivity index (χ0) is 16.1. The first-order valence-corrected chi connectivity index (χ1v) is 8.39. The van der Waals surface area contributed by atoms with Crippen LogP contribution < -0.4 is 9.47 Å². The van der Waals surface area contributed by atoms with Crippen LogP contribution in [-0.4, -0.2) is 25.1 Å². The van der Waals surface area contributed by atoms with Crippen molar-refractivity contribution in [1.29, 1.82) is 0 Å². The molecule has 0 aliphatic carbocycles. The molecule has 3 rings (SSSR count). The summed E-state index contributed by atoms with van der Waals surface area (Å²) in [7, 11) is 1.71. The van der Waals surface area contributed by atoms with Gasteiger partial charge in [0.1, 0.15) is 6.61 Å². The van der Waals surface area contributed by atoms with E-state index in [4.69, 9.17) is 9.47 Å². The molecule has 1 aliphatic heterocycles. The summed E-state index contributed by atoms with van der Waals surface area (Å²) >= 11 is 0. The molecule has 122 valence electrons. The van der Waals surface area contributed by atoms with Gasteiger partial charge in [0.05, 0.1) is 7.11 Å². The maximum Gasteiger partial charge on any atom is 0.162 e. The summed E-state index contributed by atoms with van der Waals surface area (Å²) in [5.74, 6) is 1.68. The van der Waals surface area contributed by atoms with Gasteiger partial charge in [-0.15, -0.1) is 0 Å². The summed E-state index contributed by atoms with van der Waals surface area (Å²) in [5.41, 5.74) is 3.93. The van der Waals surface area contributed by atoms with Crippen molar-refractivity contribution in [2.45, 2.75) is 32.9 Å². The first-order valence-electron chi connectivity index (χ1n) is 8.39. The van der Waals surface area contributed by atoms with Crippen molar-refractivity contribution in [1.82, 2.24) is 4.90 Å². The molecule has 0 N–H and O–H groups in total. The molecule has 1 aliphatic rings. The number of methoxy groups -OCH3 is 1. The molecular weight excluding hydrogens is 286 g/mol. The van der Waals surface area contributed by atoms with E-state index in [9.17, 15) is 0 Å². The second kappa shape index (κ2) is 7.51. The van der Waals surface area contributed by atoms with Crippen molar-refractivity contribution in [3.8, 4) is 11.5 Å². The Kier molecular flexibility index (Phi) is 5.19. The molecule has 0 amide bonds. The number of hydrogen-bond donors (Lipinski definition) is 0. The summed E-state index contributed by atoms with van der Waals surface area (Å²) in [6.07, 6.45) is 2.29. The van der Waals surface area contributed by atoms with Gasteiger partial charge in [-0.1, -0.05) is 37.3 Å². The Morgan fingerprint density at radius 2 is 1.83 bits per heavy atom. The number of hydrogen-bond acceptors (Lipinski definition) is 3. The van der Waals surface area contributed by atoms with E-state index in [1.54, 1.807) is 7.11 Å². The molecule has 0 saturated heterocycles. The van der Waals surface area contributed by atoms with Crippen molar-refractivity contribution in [2.75, 3.05) is 20.2 Å². The van der Waals surface area contributed by atoms with Gasteiger partial charge in [0.25, 0.3) is 0 Å². The van der Waals surface area contributed by atoms with Crippen molar-refractivity contribution in [2.24, 2.45) is 0 Å². The van der Waals surface area contributed by atoms with E-state index in [2.05, 4.69) is 36.1 Å². The molecular formula is C20H25NO2. The van der Waals surface area contributed by atoms with Crippen LogP contribution in [0, 0.1) is 0 Å². The maximum absolute atomic E-state index is 6.03. The van der Waals surface area contributed by atoms with Gasteiger partial charge in [-0.05, 0) is 48.2 Å². The van der Waals surface area contributed by atoms with E-state index in [1.807, 2.05) is 18.2 Å². The second-order valence-corrected chi connectivity index (χ2v) is 6.07. The molecule has 1 heterocycles. The highest BCUT2D eigenvalue weighted by atomic mass is 16.5. The molecule has 0 atom stereocenters. The van der Waals surface area contributed by atoms with E-state index < -0.39 is 0 Å². The van der Waals surface area contributed by atoms with Crippen LogP contribution in [0.1, 0.15) is 30.0 Å². The fourth-order valence-corrected chi connectivity index (χ4v) is 3.14. The lowest BCUT2D eigenvalue weighted by atomic mass is 9.98. The number of rotatable bonds is 6. The van der Waals surface area contributed by atoms with Crippen molar-refractivity contribution in [3.05, 3.63) is 59.2 Å². The smallest absolute Gasteiger partial charge is 0.162 e. The molecule has 0 unspecified atom stereocenters. The van der Waals surface area contributed by atoms with Gasteiger partial charge in [-0.2, -0.15) is 0 Å². The Labute approximate surface area is 138 Å². The number of fused-ring (bicyclic) bond motifs is 1. The van der Waals surface area contributed by atoms with Gasteiger partial charge in [-0.3, -0.25) is 4.90 Å². The van der Waals surface area contributed by atoms with E-state index in [0.29, 0.717) is 6.61 Å². The normalized spacial score (nSPS) is 14.3. The summed E-state index contributed by atoms with van der Waals surface area (Å²) in [4.78, 5) is 2.51. The molecule has 0 saturated carbocycles. The molecule has 0 spiro atoms. The van der Waals surface area contributed by atoms with Gasteiger partial charge < -0.3 is 9.47 Å². The Morgan fingerprint density at radius 3 is 2.57 bits per heavy atom. The third kappa shape index (κ3) is 3.85. The van der Waals surface area contributed by atoms with E-state index in [-0.39, 0.29) is 0 Å². The van der Waals surface area contributed by atoms with Crippen molar-refractivity contribution in [3.63, 3.8) is 0 Å². The Balaban J connectivity index is 1.78. The van der Waals surface area contributed by atoms with Crippen LogP contribution in [0.15, 0.2) is 42.5 Å². The van der Waals surface area contributed by atoms with Gasteiger partial charge >= 0.3 is 0 Å². The topological polar surface area (TPSA) is 21.7 Å². The lowest BCUT2D eigenvalue weighted by molar-refractivity contribution is 0.250. The van der Waals surface area contributed by atoms with Gasteiger partial charge in [0, 0.05) is 13.1 Å². The third-order valence-corrected chi connectivity index (χ3v) is 4.35. The molecule has 0 fully saturated rings. The average molecular weight is 311 g/mol. The predicted molar refractivity (Wildman–Crippen MR) is 93.0 cm³/mol. The van der Waals surface area contributed by atoms with Gasteiger partial charge in [0.2, 0.25) is 0 Å². The number of ether oxygens (including phenoxy) is 2. The monoisotopic (exact) mass is 311 g/mol. The maximum atomic E-state index is 6.03. The fourth-order valence-electron chi connectivity index (χ4n) is 3.14. The molecule has 0 bridgehead atoms. The van der Waals surface area contributed by atoms with Crippen molar-refractivity contribution >= 4 is 0 Å². The Hall–Kier alpha value is -2.00. The van der Waals surface area contributed by atoms with Crippen LogP contribution in [0.5, 0.6) is 11.5 Å². The minimum Gasteiger partial charge on any atom is -0.493 e. The molecule has 0 aromatic heterocycles. The first kappa shape index (κ1) is 15.9. The fraction of sp³-hybridized carbons (Fsp3) is 0.400. The minimum atomic E-state index is 0.564. The third-order valence-electron chi connectivity index (χ3n) is 4.35. The van der Waals surface area contributed by atoms with Crippen LogP contribution in [-0.2, 0) is 19.6 Å². The highest BCUT2D eigenvalue weighted by molar-refractivity contribution is 5.48. The second-order valence-electron chi connectivity index (χ2n) is 6.07. The van der Waals surface area contributed by atoms with Crippen LogP contribution in [0.2, 0.25) is 0 Å². The first-order chi connectivity index (χ1) is 11.3. The van der Waals surface area contributed by atoms with Crippen LogP contribution in [0.25, 0.3) is 0 Å². The van der Waals surface area contributed by atoms with E-state index in [1.165, 1.54) is 23.1 Å². The minimum absolute atomic E-state index is 0.564. The zero-order valence-electron chi connectivity index (χ0n) is 14.0. The Bertz CT molecular complexity index is 640. The van der Waals surface area contributed by atoms with Crippen LogP contribution in [0.3, 0.4) is 0 Å². The molecule has 3 heteroatoms. The number of nitrogens with zero attached hydrogens (tertiary/aromatic N) is 1. The lowest BCUT2D eigenvalue weighted by Gasteiger charge is -2.29. The predicted octanol–water partition coefficient (Wildman–Crippen LogP) is 4.04. The molecule has 2 aromatic carbocycles. The summed E-state index contributed by atoms with van der Waals surface area (Å²) in [5, 5.41) is 0. The Morgan fingerprint density at radius 1 is 1.04 bits per heavy atom.